The SMILES string of the molecule is C=C/C=c1/nc(NC(=O)c2cnc(C)cc2-c2cc(C)ncc2OC)s/c1=C/C. The molecule has 3 aromatic rings. The Morgan fingerprint density at radius 2 is 1.86 bits per heavy atom. The third-order valence-corrected chi connectivity index (χ3v) is 5.29. The predicted molar refractivity (Wildman–Crippen MR) is 118 cm³/mol. The van der Waals surface area contributed by atoms with Crippen LogP contribution in [0.25, 0.3) is 23.3 Å². The monoisotopic (exact) mass is 406 g/mol. The maximum Gasteiger partial charge on any atom is 0.259 e. The minimum atomic E-state index is -0.287. The van der Waals surface area contributed by atoms with Crippen molar-refractivity contribution < 1.29 is 9.53 Å². The summed E-state index contributed by atoms with van der Waals surface area (Å²) >= 11 is 1.40. The number of allylic oxidation sites excluding steroid dienone is 1. The van der Waals surface area contributed by atoms with Crippen LogP contribution >= 0.6 is 11.3 Å². The average Bonchev–Trinajstić information content (AvgIpc) is 3.09. The van der Waals surface area contributed by atoms with Crippen LogP contribution in [0.3, 0.4) is 0 Å². The van der Waals surface area contributed by atoms with Gasteiger partial charge in [0.05, 0.1) is 28.8 Å². The molecule has 0 aliphatic carbocycles. The zero-order chi connectivity index (χ0) is 21.0. The number of aromatic nitrogens is 3. The third-order valence-electron chi connectivity index (χ3n) is 4.24. The molecule has 3 aromatic heterocycles. The summed E-state index contributed by atoms with van der Waals surface area (Å²) in [5.74, 6) is 0.306. The van der Waals surface area contributed by atoms with Crippen molar-refractivity contribution in [3.05, 3.63) is 64.0 Å². The van der Waals surface area contributed by atoms with Crippen LogP contribution in [0.5, 0.6) is 5.75 Å². The van der Waals surface area contributed by atoms with Crippen LogP contribution in [0.15, 0.2) is 37.2 Å². The molecule has 1 N–H and O–H groups in total. The summed E-state index contributed by atoms with van der Waals surface area (Å²) in [6, 6.07) is 3.77. The maximum absolute atomic E-state index is 13.1. The molecule has 3 rings (SSSR count). The zero-order valence-corrected chi connectivity index (χ0v) is 17.6. The Kier molecular flexibility index (Phi) is 6.19. The van der Waals surface area contributed by atoms with Crippen molar-refractivity contribution in [2.45, 2.75) is 20.8 Å². The largest absolute Gasteiger partial charge is 0.494 e. The second-order valence-electron chi connectivity index (χ2n) is 6.31. The van der Waals surface area contributed by atoms with Crippen LogP contribution in [-0.4, -0.2) is 28.0 Å². The molecule has 0 saturated carbocycles. The fourth-order valence-corrected chi connectivity index (χ4v) is 3.72. The van der Waals surface area contributed by atoms with Crippen LogP contribution in [0.4, 0.5) is 5.13 Å². The molecule has 0 aromatic carbocycles. The molecule has 0 unspecified atom stereocenters. The minimum absolute atomic E-state index is 0.287. The number of hydrogen-bond donors (Lipinski definition) is 1. The number of thiazole rings is 1. The van der Waals surface area contributed by atoms with Crippen molar-refractivity contribution in [3.8, 4) is 16.9 Å². The molecule has 0 saturated heterocycles. The van der Waals surface area contributed by atoms with E-state index in [-0.39, 0.29) is 5.91 Å². The molecule has 0 bridgehead atoms. The number of rotatable bonds is 5. The first-order valence-corrected chi connectivity index (χ1v) is 9.83. The lowest BCUT2D eigenvalue weighted by molar-refractivity contribution is 0.102. The van der Waals surface area contributed by atoms with Crippen LogP contribution in [-0.2, 0) is 0 Å². The molecule has 0 fully saturated rings. The Balaban J connectivity index is 2.07. The number of pyridine rings is 2. The quantitative estimate of drug-likeness (QED) is 0.704. The Hall–Kier alpha value is -3.32. The van der Waals surface area contributed by atoms with Crippen molar-refractivity contribution >= 4 is 34.5 Å². The highest BCUT2D eigenvalue weighted by Gasteiger charge is 2.18. The molecule has 0 spiro atoms. The molecule has 3 heterocycles. The molecule has 0 atom stereocenters. The fraction of sp³-hybridized carbons (Fsp3) is 0.182. The molecule has 6 nitrogen and oxygen atoms in total. The first kappa shape index (κ1) is 20.4. The zero-order valence-electron chi connectivity index (χ0n) is 16.8. The van der Waals surface area contributed by atoms with Crippen LogP contribution in [0.1, 0.15) is 28.7 Å². The maximum atomic E-state index is 13.1. The van der Waals surface area contributed by atoms with Crippen molar-refractivity contribution in [3.63, 3.8) is 0 Å². The number of anilines is 1. The Labute approximate surface area is 173 Å². The molecule has 7 heteroatoms. The lowest BCUT2D eigenvalue weighted by atomic mass is 9.99. The highest BCUT2D eigenvalue weighted by atomic mass is 32.1. The summed E-state index contributed by atoms with van der Waals surface area (Å²) in [6.45, 7) is 9.42. The second kappa shape index (κ2) is 8.79. The van der Waals surface area contributed by atoms with Gasteiger partial charge in [-0.1, -0.05) is 30.1 Å². The van der Waals surface area contributed by atoms with Gasteiger partial charge in [-0.3, -0.25) is 20.1 Å². The van der Waals surface area contributed by atoms with E-state index >= 15 is 0 Å². The van der Waals surface area contributed by atoms with Gasteiger partial charge in [0, 0.05) is 28.7 Å². The standard InChI is InChI=1S/C22H22N4O2S/c1-6-8-18-20(7-2)29-22(25-18)26-21(27)17-11-23-13(3)9-15(17)16-10-14(4)24-12-19(16)28-5/h6-12H,1H2,2-5H3,(H,25,26,27)/b18-8+,20-7+. The predicted octanol–water partition coefficient (Wildman–Crippen LogP) is 3.24. The number of ether oxygens (including phenoxy) is 1. The van der Waals surface area contributed by atoms with E-state index in [2.05, 4.69) is 26.8 Å². The molecule has 0 aliphatic rings. The Morgan fingerprint density at radius 1 is 1.17 bits per heavy atom. The summed E-state index contributed by atoms with van der Waals surface area (Å²) in [5.41, 5.74) is 3.58. The van der Waals surface area contributed by atoms with Gasteiger partial charge < -0.3 is 4.74 Å². The van der Waals surface area contributed by atoms with Gasteiger partial charge in [0.1, 0.15) is 5.75 Å². The first-order valence-electron chi connectivity index (χ1n) is 9.01. The third kappa shape index (κ3) is 4.41. The van der Waals surface area contributed by atoms with E-state index in [4.69, 9.17) is 4.74 Å². The summed E-state index contributed by atoms with van der Waals surface area (Å²) in [4.78, 5) is 26.2. The van der Waals surface area contributed by atoms with Gasteiger partial charge in [0.15, 0.2) is 5.13 Å². The van der Waals surface area contributed by atoms with E-state index in [0.29, 0.717) is 16.4 Å². The molecule has 0 aliphatic heterocycles. The van der Waals surface area contributed by atoms with Gasteiger partial charge in [-0.05, 0) is 39.0 Å². The van der Waals surface area contributed by atoms with Crippen molar-refractivity contribution in [1.82, 2.24) is 15.0 Å². The van der Waals surface area contributed by atoms with Crippen molar-refractivity contribution in [2.24, 2.45) is 0 Å². The number of amides is 1. The smallest absolute Gasteiger partial charge is 0.259 e. The number of nitrogens with zero attached hydrogens (tertiary/aromatic N) is 3. The summed E-state index contributed by atoms with van der Waals surface area (Å²) < 4.78 is 6.43. The Morgan fingerprint density at radius 3 is 2.52 bits per heavy atom. The highest BCUT2D eigenvalue weighted by molar-refractivity contribution is 7.13. The Bertz CT molecular complexity index is 1200. The van der Waals surface area contributed by atoms with E-state index in [1.54, 1.807) is 25.6 Å². The van der Waals surface area contributed by atoms with Gasteiger partial charge in [-0.25, -0.2) is 4.98 Å². The van der Waals surface area contributed by atoms with E-state index in [0.717, 1.165) is 32.4 Å². The van der Waals surface area contributed by atoms with Crippen LogP contribution in [0, 0.1) is 13.8 Å². The molecular weight excluding hydrogens is 384 g/mol. The summed E-state index contributed by atoms with van der Waals surface area (Å²) in [6.07, 6.45) is 8.67. The van der Waals surface area contributed by atoms with Crippen LogP contribution < -0.4 is 19.9 Å². The van der Waals surface area contributed by atoms with Gasteiger partial charge in [-0.15, -0.1) is 0 Å². The van der Waals surface area contributed by atoms with E-state index in [9.17, 15) is 4.79 Å². The van der Waals surface area contributed by atoms with E-state index in [1.807, 2.05) is 45.1 Å². The number of carbonyl (C=O) groups excluding carboxylic acids is 1. The normalized spacial score (nSPS) is 12.1. The fourth-order valence-electron chi connectivity index (χ4n) is 2.88. The van der Waals surface area contributed by atoms with Gasteiger partial charge in [0.2, 0.25) is 0 Å². The summed E-state index contributed by atoms with van der Waals surface area (Å²) in [7, 11) is 1.58. The van der Waals surface area contributed by atoms with Gasteiger partial charge in [0.25, 0.3) is 5.91 Å². The van der Waals surface area contributed by atoms with Gasteiger partial charge in [-0.2, -0.15) is 0 Å². The highest BCUT2D eigenvalue weighted by Crippen LogP contribution is 2.33. The topological polar surface area (TPSA) is 77.0 Å². The molecular formula is C22H22N4O2S. The first-order chi connectivity index (χ1) is 14.0. The molecule has 0 radical (unpaired) electrons. The molecule has 29 heavy (non-hydrogen) atoms. The van der Waals surface area contributed by atoms with Gasteiger partial charge >= 0.3 is 0 Å². The number of hydrogen-bond acceptors (Lipinski definition) is 6. The van der Waals surface area contributed by atoms with E-state index in [1.165, 1.54) is 11.3 Å². The number of nitrogens with one attached hydrogen (secondary N) is 1. The van der Waals surface area contributed by atoms with Crippen molar-refractivity contribution in [1.29, 1.82) is 0 Å². The average molecular weight is 407 g/mol. The van der Waals surface area contributed by atoms with Crippen molar-refractivity contribution in [2.75, 3.05) is 12.4 Å². The second-order valence-corrected chi connectivity index (χ2v) is 7.34. The van der Waals surface area contributed by atoms with E-state index < -0.39 is 0 Å². The minimum Gasteiger partial charge on any atom is -0.494 e. The number of aryl methyl sites for hydroxylation is 2. The number of carbonyl (C=O) groups is 1. The molecule has 1 amide bonds. The molecule has 148 valence electrons. The number of methoxy groups -OCH3 is 1. The lowest BCUT2D eigenvalue weighted by Gasteiger charge is -2.13. The summed E-state index contributed by atoms with van der Waals surface area (Å²) in [5, 5.41) is 4.18. The van der Waals surface area contributed by atoms with Crippen LogP contribution in [0.2, 0.25) is 0 Å². The lowest BCUT2D eigenvalue weighted by Crippen LogP contribution is -2.20.